The number of aryl methyl sites for hydroxylation is 1. The highest BCUT2D eigenvalue weighted by Crippen LogP contribution is 2.20. The number of ether oxygens (including phenoxy) is 1. The molecule has 1 aromatic heterocycles. The number of hydrogen-bond donors (Lipinski definition) is 1. The zero-order chi connectivity index (χ0) is 16.8. The van der Waals surface area contributed by atoms with Crippen molar-refractivity contribution in [2.45, 2.75) is 12.8 Å². The van der Waals surface area contributed by atoms with Crippen LogP contribution in [0.1, 0.15) is 12.3 Å². The van der Waals surface area contributed by atoms with E-state index in [9.17, 15) is 4.79 Å². The van der Waals surface area contributed by atoms with E-state index in [4.69, 9.17) is 9.26 Å². The van der Waals surface area contributed by atoms with Gasteiger partial charge in [-0.1, -0.05) is 23.4 Å². The van der Waals surface area contributed by atoms with Crippen LogP contribution in [0.2, 0.25) is 0 Å². The second kappa shape index (κ2) is 7.41. The van der Waals surface area contributed by atoms with Crippen LogP contribution in [0.25, 0.3) is 11.4 Å². The molecular weight excluding hydrogens is 306 g/mol. The number of rotatable bonds is 6. The molecule has 1 amide bonds. The summed E-state index contributed by atoms with van der Waals surface area (Å²) in [7, 11) is 1.61. The van der Waals surface area contributed by atoms with E-state index in [-0.39, 0.29) is 12.3 Å². The molecule has 0 aliphatic heterocycles. The van der Waals surface area contributed by atoms with Gasteiger partial charge in [-0.2, -0.15) is 4.98 Å². The molecule has 3 rings (SSSR count). The van der Waals surface area contributed by atoms with Crippen molar-refractivity contribution in [2.75, 3.05) is 12.4 Å². The molecule has 2 aromatic carbocycles. The molecule has 0 spiro atoms. The van der Waals surface area contributed by atoms with Gasteiger partial charge in [0.05, 0.1) is 7.11 Å². The van der Waals surface area contributed by atoms with Crippen LogP contribution in [0.3, 0.4) is 0 Å². The van der Waals surface area contributed by atoms with Crippen molar-refractivity contribution in [1.82, 2.24) is 10.1 Å². The summed E-state index contributed by atoms with van der Waals surface area (Å²) >= 11 is 0. The average molecular weight is 323 g/mol. The predicted molar refractivity (Wildman–Crippen MR) is 89.7 cm³/mol. The Kier molecular flexibility index (Phi) is 4.86. The van der Waals surface area contributed by atoms with Crippen LogP contribution in [0, 0.1) is 0 Å². The summed E-state index contributed by atoms with van der Waals surface area (Å²) in [6, 6.07) is 16.7. The topological polar surface area (TPSA) is 77.2 Å². The maximum absolute atomic E-state index is 11.9. The molecule has 0 fully saturated rings. The molecular formula is C18H17N3O3. The van der Waals surface area contributed by atoms with Crippen LogP contribution in [0.4, 0.5) is 5.69 Å². The van der Waals surface area contributed by atoms with Gasteiger partial charge >= 0.3 is 0 Å². The first-order chi connectivity index (χ1) is 11.7. The Labute approximate surface area is 139 Å². The molecule has 0 saturated heterocycles. The van der Waals surface area contributed by atoms with Gasteiger partial charge in [-0.15, -0.1) is 0 Å². The van der Waals surface area contributed by atoms with E-state index in [1.165, 1.54) is 0 Å². The quantitative estimate of drug-likeness (QED) is 0.753. The van der Waals surface area contributed by atoms with Crippen molar-refractivity contribution in [2.24, 2.45) is 0 Å². The summed E-state index contributed by atoms with van der Waals surface area (Å²) in [5.74, 6) is 1.60. The fourth-order valence-corrected chi connectivity index (χ4v) is 2.18. The summed E-state index contributed by atoms with van der Waals surface area (Å²) in [6.07, 6.45) is 0.668. The van der Waals surface area contributed by atoms with Crippen LogP contribution in [-0.2, 0) is 11.2 Å². The molecule has 0 radical (unpaired) electrons. The molecule has 0 aliphatic rings. The number of nitrogens with one attached hydrogen (secondary N) is 1. The smallest absolute Gasteiger partial charge is 0.227 e. The number of para-hydroxylation sites is 1. The normalized spacial score (nSPS) is 10.4. The number of aromatic nitrogens is 2. The molecule has 122 valence electrons. The lowest BCUT2D eigenvalue weighted by molar-refractivity contribution is -0.116. The van der Waals surface area contributed by atoms with E-state index in [0.29, 0.717) is 18.1 Å². The highest BCUT2D eigenvalue weighted by molar-refractivity contribution is 5.90. The molecule has 24 heavy (non-hydrogen) atoms. The molecule has 1 N–H and O–H groups in total. The van der Waals surface area contributed by atoms with Gasteiger partial charge in [0.1, 0.15) is 5.75 Å². The highest BCUT2D eigenvalue weighted by Gasteiger charge is 2.11. The van der Waals surface area contributed by atoms with Gasteiger partial charge in [-0.05, 0) is 36.4 Å². The van der Waals surface area contributed by atoms with Crippen molar-refractivity contribution in [3.8, 4) is 17.1 Å². The Morgan fingerprint density at radius 1 is 1.12 bits per heavy atom. The Bertz CT molecular complexity index is 798. The summed E-state index contributed by atoms with van der Waals surface area (Å²) in [5.41, 5.74) is 1.60. The van der Waals surface area contributed by atoms with Gasteiger partial charge in [-0.25, -0.2) is 0 Å². The molecule has 0 saturated carbocycles. The maximum Gasteiger partial charge on any atom is 0.227 e. The lowest BCUT2D eigenvalue weighted by atomic mass is 10.2. The third-order valence-electron chi connectivity index (χ3n) is 3.44. The van der Waals surface area contributed by atoms with E-state index < -0.39 is 0 Å². The number of hydrogen-bond acceptors (Lipinski definition) is 5. The third-order valence-corrected chi connectivity index (χ3v) is 3.44. The first-order valence-corrected chi connectivity index (χ1v) is 7.56. The van der Waals surface area contributed by atoms with Gasteiger partial charge < -0.3 is 14.6 Å². The predicted octanol–water partition coefficient (Wildman–Crippen LogP) is 3.32. The summed E-state index contributed by atoms with van der Waals surface area (Å²) < 4.78 is 10.3. The maximum atomic E-state index is 11.9. The molecule has 6 nitrogen and oxygen atoms in total. The molecule has 1 heterocycles. The van der Waals surface area contributed by atoms with Gasteiger partial charge in [0.2, 0.25) is 17.6 Å². The number of carbonyl (C=O) groups excluding carboxylic acids is 1. The summed E-state index contributed by atoms with van der Waals surface area (Å²) in [5, 5.41) is 6.77. The Hall–Kier alpha value is -3.15. The number of methoxy groups -OCH3 is 1. The minimum absolute atomic E-state index is 0.0922. The van der Waals surface area contributed by atoms with Crippen molar-refractivity contribution >= 4 is 11.6 Å². The average Bonchev–Trinajstić information content (AvgIpc) is 3.10. The van der Waals surface area contributed by atoms with Crippen molar-refractivity contribution < 1.29 is 14.1 Å². The Balaban J connectivity index is 1.56. The van der Waals surface area contributed by atoms with Crippen LogP contribution in [0.5, 0.6) is 5.75 Å². The minimum atomic E-state index is -0.0922. The molecule has 3 aromatic rings. The minimum Gasteiger partial charge on any atom is -0.497 e. The van der Waals surface area contributed by atoms with Gasteiger partial charge in [0, 0.05) is 24.1 Å². The van der Waals surface area contributed by atoms with Crippen LogP contribution < -0.4 is 10.1 Å². The zero-order valence-corrected chi connectivity index (χ0v) is 13.2. The van der Waals surface area contributed by atoms with E-state index in [1.807, 2.05) is 54.6 Å². The largest absolute Gasteiger partial charge is 0.497 e. The number of nitrogens with zero attached hydrogens (tertiary/aromatic N) is 2. The SMILES string of the molecule is COc1ccc(-c2noc(CCC(=O)Nc3ccccc3)n2)cc1. The lowest BCUT2D eigenvalue weighted by Crippen LogP contribution is -2.12. The number of carbonyl (C=O) groups is 1. The van der Waals surface area contributed by atoms with Crippen molar-refractivity contribution in [3.63, 3.8) is 0 Å². The standard InChI is InChI=1S/C18H17N3O3/c1-23-15-9-7-13(8-10-15)18-20-17(24-21-18)12-11-16(22)19-14-5-3-2-4-6-14/h2-10H,11-12H2,1H3,(H,19,22). The molecule has 0 unspecified atom stereocenters. The lowest BCUT2D eigenvalue weighted by Gasteiger charge is -2.02. The third kappa shape index (κ3) is 3.98. The van der Waals surface area contributed by atoms with Gasteiger partial charge in [0.15, 0.2) is 0 Å². The monoisotopic (exact) mass is 323 g/mol. The summed E-state index contributed by atoms with van der Waals surface area (Å²) in [6.45, 7) is 0. The second-order valence-electron chi connectivity index (χ2n) is 5.15. The van der Waals surface area contributed by atoms with Crippen molar-refractivity contribution in [1.29, 1.82) is 0 Å². The first-order valence-electron chi connectivity index (χ1n) is 7.56. The second-order valence-corrected chi connectivity index (χ2v) is 5.15. The number of anilines is 1. The van der Waals surface area contributed by atoms with E-state index in [1.54, 1.807) is 7.11 Å². The Morgan fingerprint density at radius 2 is 1.88 bits per heavy atom. The zero-order valence-electron chi connectivity index (χ0n) is 13.2. The molecule has 0 atom stereocenters. The first kappa shape index (κ1) is 15.7. The number of benzene rings is 2. The van der Waals surface area contributed by atoms with Crippen LogP contribution >= 0.6 is 0 Å². The van der Waals surface area contributed by atoms with E-state index >= 15 is 0 Å². The molecule has 0 aliphatic carbocycles. The fraction of sp³-hybridized carbons (Fsp3) is 0.167. The molecule has 6 heteroatoms. The Morgan fingerprint density at radius 3 is 2.58 bits per heavy atom. The summed E-state index contributed by atoms with van der Waals surface area (Å²) in [4.78, 5) is 16.2. The van der Waals surface area contributed by atoms with Crippen molar-refractivity contribution in [3.05, 3.63) is 60.5 Å². The number of amides is 1. The fourth-order valence-electron chi connectivity index (χ4n) is 2.18. The van der Waals surface area contributed by atoms with Gasteiger partial charge in [-0.3, -0.25) is 4.79 Å². The van der Waals surface area contributed by atoms with Crippen LogP contribution in [0.15, 0.2) is 59.1 Å². The van der Waals surface area contributed by atoms with Gasteiger partial charge in [0.25, 0.3) is 0 Å². The van der Waals surface area contributed by atoms with E-state index in [2.05, 4.69) is 15.5 Å². The van der Waals surface area contributed by atoms with E-state index in [0.717, 1.165) is 17.0 Å². The molecule has 0 bridgehead atoms. The van der Waals surface area contributed by atoms with Crippen LogP contribution in [-0.4, -0.2) is 23.2 Å². The highest BCUT2D eigenvalue weighted by atomic mass is 16.5.